The molecule has 0 bridgehead atoms. The third kappa shape index (κ3) is 3.63. The van der Waals surface area contributed by atoms with Gasteiger partial charge in [-0.25, -0.2) is 9.67 Å². The fourth-order valence-electron chi connectivity index (χ4n) is 3.50. The third-order valence-corrected chi connectivity index (χ3v) is 4.77. The lowest BCUT2D eigenvalue weighted by Gasteiger charge is -2.32. The summed E-state index contributed by atoms with van der Waals surface area (Å²) in [6.45, 7) is 2.44. The molecule has 26 heavy (non-hydrogen) atoms. The van der Waals surface area contributed by atoms with Gasteiger partial charge in [0.05, 0.1) is 0 Å². The Morgan fingerprint density at radius 2 is 2.12 bits per heavy atom. The van der Waals surface area contributed by atoms with Gasteiger partial charge in [-0.2, -0.15) is 0 Å². The maximum atomic E-state index is 12.5. The minimum Gasteiger partial charge on any atom is -0.340 e. The second-order valence-electron chi connectivity index (χ2n) is 6.59. The van der Waals surface area contributed by atoms with E-state index in [9.17, 15) is 4.79 Å². The van der Waals surface area contributed by atoms with Crippen LogP contribution in [0.15, 0.2) is 49.1 Å². The van der Waals surface area contributed by atoms with Gasteiger partial charge in [-0.1, -0.05) is 30.3 Å². The van der Waals surface area contributed by atoms with Crippen molar-refractivity contribution in [3.05, 3.63) is 60.4 Å². The minimum absolute atomic E-state index is 0.0446. The summed E-state index contributed by atoms with van der Waals surface area (Å²) in [6.07, 6.45) is 7.35. The number of carbonyl (C=O) groups excluding carboxylic acids is 1. The summed E-state index contributed by atoms with van der Waals surface area (Å²) in [4.78, 5) is 19.0. The number of tetrazole rings is 1. The number of nitrogens with zero attached hydrogens (tertiary/aromatic N) is 7. The maximum Gasteiger partial charge on any atom is 0.244 e. The first-order valence-corrected chi connectivity index (χ1v) is 8.83. The molecule has 134 valence electrons. The molecule has 4 rings (SSSR count). The van der Waals surface area contributed by atoms with Crippen molar-refractivity contribution in [2.45, 2.75) is 31.8 Å². The Kier molecular flexibility index (Phi) is 4.72. The predicted octanol–water partition coefficient (Wildman–Crippen LogP) is 1.32. The largest absolute Gasteiger partial charge is 0.340 e. The second-order valence-corrected chi connectivity index (χ2v) is 6.59. The van der Waals surface area contributed by atoms with Gasteiger partial charge in [-0.15, -0.1) is 5.10 Å². The number of carbonyl (C=O) groups is 1. The molecule has 8 nitrogen and oxygen atoms in total. The van der Waals surface area contributed by atoms with E-state index >= 15 is 0 Å². The Bertz CT molecular complexity index is 844. The van der Waals surface area contributed by atoms with Crippen LogP contribution >= 0.6 is 0 Å². The van der Waals surface area contributed by atoms with Gasteiger partial charge in [0.15, 0.2) is 0 Å². The van der Waals surface area contributed by atoms with Gasteiger partial charge < -0.3 is 9.47 Å². The molecule has 2 aromatic heterocycles. The molecule has 0 saturated carbocycles. The van der Waals surface area contributed by atoms with Crippen molar-refractivity contribution in [1.82, 2.24) is 34.7 Å². The SMILES string of the molecule is O=C(Cn1cnnn1)N1CCC[C@H](c2nccn2Cc2ccccc2)C1. The van der Waals surface area contributed by atoms with E-state index in [2.05, 4.69) is 37.2 Å². The fourth-order valence-corrected chi connectivity index (χ4v) is 3.50. The molecule has 1 atom stereocenters. The van der Waals surface area contributed by atoms with Crippen LogP contribution in [0.3, 0.4) is 0 Å². The normalized spacial score (nSPS) is 17.4. The van der Waals surface area contributed by atoms with Gasteiger partial charge >= 0.3 is 0 Å². The molecule has 0 aliphatic carbocycles. The summed E-state index contributed by atoms with van der Waals surface area (Å²) in [6, 6.07) is 10.4. The number of amides is 1. The lowest BCUT2D eigenvalue weighted by molar-refractivity contribution is -0.133. The van der Waals surface area contributed by atoms with Gasteiger partial charge in [0.2, 0.25) is 5.91 Å². The van der Waals surface area contributed by atoms with Crippen LogP contribution < -0.4 is 0 Å². The fraction of sp³-hybridized carbons (Fsp3) is 0.389. The first-order valence-electron chi connectivity index (χ1n) is 8.83. The summed E-state index contributed by atoms with van der Waals surface area (Å²) in [7, 11) is 0. The highest BCUT2D eigenvalue weighted by Crippen LogP contribution is 2.26. The lowest BCUT2D eigenvalue weighted by Crippen LogP contribution is -2.41. The van der Waals surface area contributed by atoms with E-state index in [1.807, 2.05) is 35.5 Å². The van der Waals surface area contributed by atoms with Crippen molar-refractivity contribution in [2.24, 2.45) is 0 Å². The van der Waals surface area contributed by atoms with Crippen LogP contribution in [0.25, 0.3) is 0 Å². The van der Waals surface area contributed by atoms with Crippen molar-refractivity contribution in [3.63, 3.8) is 0 Å². The van der Waals surface area contributed by atoms with Crippen LogP contribution in [0.5, 0.6) is 0 Å². The zero-order valence-corrected chi connectivity index (χ0v) is 14.5. The van der Waals surface area contributed by atoms with Crippen LogP contribution in [0.1, 0.15) is 30.1 Å². The van der Waals surface area contributed by atoms with E-state index in [1.54, 1.807) is 0 Å². The average Bonchev–Trinajstić information content (AvgIpc) is 3.35. The molecular formula is C18H21N7O. The predicted molar refractivity (Wildman–Crippen MR) is 94.1 cm³/mol. The molecule has 0 spiro atoms. The van der Waals surface area contributed by atoms with Gasteiger partial charge in [-0.05, 0) is 28.8 Å². The minimum atomic E-state index is 0.0446. The molecule has 1 aliphatic rings. The Labute approximate surface area is 151 Å². The van der Waals surface area contributed by atoms with Gasteiger partial charge in [0, 0.05) is 37.9 Å². The van der Waals surface area contributed by atoms with E-state index in [-0.39, 0.29) is 18.4 Å². The number of aromatic nitrogens is 6. The van der Waals surface area contributed by atoms with Crippen LogP contribution in [0.4, 0.5) is 0 Å². The van der Waals surface area contributed by atoms with Crippen molar-refractivity contribution in [1.29, 1.82) is 0 Å². The average molecular weight is 351 g/mol. The van der Waals surface area contributed by atoms with E-state index in [1.165, 1.54) is 16.6 Å². The number of imidazole rings is 1. The number of benzene rings is 1. The molecule has 0 radical (unpaired) electrons. The van der Waals surface area contributed by atoms with Crippen molar-refractivity contribution >= 4 is 5.91 Å². The number of hydrogen-bond donors (Lipinski definition) is 0. The molecule has 3 heterocycles. The van der Waals surface area contributed by atoms with Gasteiger partial charge in [0.1, 0.15) is 18.7 Å². The first-order chi connectivity index (χ1) is 12.8. The monoisotopic (exact) mass is 351 g/mol. The van der Waals surface area contributed by atoms with E-state index in [4.69, 9.17) is 0 Å². The van der Waals surface area contributed by atoms with Gasteiger partial charge in [0.25, 0.3) is 0 Å². The Morgan fingerprint density at radius 1 is 1.23 bits per heavy atom. The molecule has 3 aromatic rings. The summed E-state index contributed by atoms with van der Waals surface area (Å²) >= 11 is 0. The number of likely N-dealkylation sites (tertiary alicyclic amines) is 1. The zero-order valence-electron chi connectivity index (χ0n) is 14.5. The summed E-state index contributed by atoms with van der Waals surface area (Å²) in [5.41, 5.74) is 1.24. The number of rotatable bonds is 5. The lowest BCUT2D eigenvalue weighted by atomic mass is 9.97. The number of hydrogen-bond acceptors (Lipinski definition) is 5. The van der Waals surface area contributed by atoms with Crippen LogP contribution in [-0.4, -0.2) is 53.7 Å². The molecule has 0 N–H and O–H groups in total. The first kappa shape index (κ1) is 16.4. The standard InChI is InChI=1S/C18H21N7O/c26-17(13-25-14-20-21-22-25)23-9-4-7-16(12-23)18-19-8-10-24(18)11-15-5-2-1-3-6-15/h1-3,5-6,8,10,14,16H,4,7,9,11-13H2/t16-/m0/s1. The molecule has 0 unspecified atom stereocenters. The quantitative estimate of drug-likeness (QED) is 0.692. The van der Waals surface area contributed by atoms with Crippen LogP contribution in [-0.2, 0) is 17.9 Å². The van der Waals surface area contributed by atoms with Crippen molar-refractivity contribution < 1.29 is 4.79 Å². The molecule has 1 amide bonds. The number of piperidine rings is 1. The van der Waals surface area contributed by atoms with Crippen molar-refractivity contribution in [3.8, 4) is 0 Å². The van der Waals surface area contributed by atoms with Gasteiger partial charge in [-0.3, -0.25) is 4.79 Å². The zero-order chi connectivity index (χ0) is 17.8. The summed E-state index contributed by atoms with van der Waals surface area (Å²) < 4.78 is 3.65. The summed E-state index contributed by atoms with van der Waals surface area (Å²) in [5, 5.41) is 10.9. The Balaban J connectivity index is 1.45. The Hall–Kier alpha value is -3.03. The Morgan fingerprint density at radius 3 is 2.92 bits per heavy atom. The highest BCUT2D eigenvalue weighted by Gasteiger charge is 2.27. The molecule has 8 heteroatoms. The molecule has 1 aliphatic heterocycles. The van der Waals surface area contributed by atoms with Crippen LogP contribution in [0, 0.1) is 0 Å². The van der Waals surface area contributed by atoms with E-state index < -0.39 is 0 Å². The van der Waals surface area contributed by atoms with Crippen molar-refractivity contribution in [2.75, 3.05) is 13.1 Å². The topological polar surface area (TPSA) is 81.7 Å². The molecule has 1 saturated heterocycles. The highest BCUT2D eigenvalue weighted by molar-refractivity contribution is 5.76. The highest BCUT2D eigenvalue weighted by atomic mass is 16.2. The molecule has 1 aromatic carbocycles. The van der Waals surface area contributed by atoms with E-state index in [0.717, 1.165) is 31.8 Å². The van der Waals surface area contributed by atoms with Crippen LogP contribution in [0.2, 0.25) is 0 Å². The summed E-state index contributed by atoms with van der Waals surface area (Å²) in [5.74, 6) is 1.34. The molecular weight excluding hydrogens is 330 g/mol. The second kappa shape index (κ2) is 7.47. The third-order valence-electron chi connectivity index (χ3n) is 4.77. The smallest absolute Gasteiger partial charge is 0.244 e. The molecule has 1 fully saturated rings. The van der Waals surface area contributed by atoms with E-state index in [0.29, 0.717) is 6.54 Å². The maximum absolute atomic E-state index is 12.5.